The van der Waals surface area contributed by atoms with E-state index in [2.05, 4.69) is 4.90 Å². The van der Waals surface area contributed by atoms with E-state index in [1.165, 1.54) is 19.3 Å². The van der Waals surface area contributed by atoms with Crippen LogP contribution in [-0.4, -0.2) is 56.2 Å². The Labute approximate surface area is 202 Å². The Hall–Kier alpha value is -3.06. The number of ether oxygens (including phenoxy) is 3. The minimum Gasteiger partial charge on any atom is -0.494 e. The summed E-state index contributed by atoms with van der Waals surface area (Å²) in [5.74, 6) is 2.16. The van der Waals surface area contributed by atoms with Crippen molar-refractivity contribution in [2.75, 3.05) is 39.5 Å². The Morgan fingerprint density at radius 1 is 0.941 bits per heavy atom. The van der Waals surface area contributed by atoms with E-state index in [0.717, 1.165) is 62.1 Å². The molecule has 0 atom stereocenters. The average Bonchev–Trinajstić information content (AvgIpc) is 2.86. The Bertz CT molecular complexity index is 891. The minimum atomic E-state index is -0.423. The lowest BCUT2D eigenvalue weighted by Crippen LogP contribution is -2.35. The van der Waals surface area contributed by atoms with Crippen LogP contribution in [0.25, 0.3) is 0 Å². The van der Waals surface area contributed by atoms with Crippen LogP contribution in [0.1, 0.15) is 54.9 Å². The molecular formula is C27H37N3O4. The number of nitrogens with two attached hydrogens (primary N) is 1. The number of benzene rings is 2. The lowest BCUT2D eigenvalue weighted by molar-refractivity contribution is 0.1000. The molecule has 0 saturated carbocycles. The second kappa shape index (κ2) is 13.6. The molecule has 7 nitrogen and oxygen atoms in total. The van der Waals surface area contributed by atoms with Gasteiger partial charge in [0.15, 0.2) is 0 Å². The summed E-state index contributed by atoms with van der Waals surface area (Å²) >= 11 is 0. The Balaban J connectivity index is 1.23. The monoisotopic (exact) mass is 467 g/mol. The highest BCUT2D eigenvalue weighted by Crippen LogP contribution is 2.22. The van der Waals surface area contributed by atoms with Crippen molar-refractivity contribution in [3.05, 3.63) is 59.7 Å². The van der Waals surface area contributed by atoms with Gasteiger partial charge in [0.2, 0.25) is 11.8 Å². The second-order valence-corrected chi connectivity index (χ2v) is 8.65. The molecule has 0 radical (unpaired) electrons. The van der Waals surface area contributed by atoms with E-state index in [4.69, 9.17) is 25.4 Å². The first-order valence-electron chi connectivity index (χ1n) is 12.2. The van der Waals surface area contributed by atoms with Gasteiger partial charge < -0.3 is 24.8 Å². The Morgan fingerprint density at radius 2 is 1.50 bits per heavy atom. The largest absolute Gasteiger partial charge is 0.494 e. The summed E-state index contributed by atoms with van der Waals surface area (Å²) in [7, 11) is 0. The molecule has 7 heteroatoms. The van der Waals surface area contributed by atoms with Crippen molar-refractivity contribution >= 4 is 11.8 Å². The molecule has 3 rings (SSSR count). The lowest BCUT2D eigenvalue weighted by Gasteiger charge is -2.32. The van der Waals surface area contributed by atoms with Gasteiger partial charge in [-0.3, -0.25) is 10.2 Å². The molecule has 2 aromatic carbocycles. The van der Waals surface area contributed by atoms with E-state index < -0.39 is 5.91 Å². The van der Waals surface area contributed by atoms with Gasteiger partial charge in [0, 0.05) is 17.7 Å². The van der Waals surface area contributed by atoms with Crippen molar-refractivity contribution in [3.8, 4) is 11.5 Å². The van der Waals surface area contributed by atoms with E-state index in [-0.39, 0.29) is 5.90 Å². The lowest BCUT2D eigenvalue weighted by atomic mass is 9.92. The van der Waals surface area contributed by atoms with Crippen molar-refractivity contribution in [1.82, 2.24) is 4.90 Å². The molecule has 3 N–H and O–H groups in total. The maximum Gasteiger partial charge on any atom is 0.248 e. The van der Waals surface area contributed by atoms with E-state index >= 15 is 0 Å². The van der Waals surface area contributed by atoms with Crippen molar-refractivity contribution in [1.29, 1.82) is 5.41 Å². The number of carbonyl (C=O) groups excluding carboxylic acids is 1. The Morgan fingerprint density at radius 3 is 2.06 bits per heavy atom. The first-order chi connectivity index (χ1) is 16.5. The van der Waals surface area contributed by atoms with Crippen LogP contribution in [0.15, 0.2) is 48.5 Å². The van der Waals surface area contributed by atoms with Gasteiger partial charge in [0.1, 0.15) is 11.5 Å². The fourth-order valence-electron chi connectivity index (χ4n) is 4.18. The molecule has 0 aliphatic carbocycles. The van der Waals surface area contributed by atoms with E-state index in [0.29, 0.717) is 18.8 Å². The molecule has 1 amide bonds. The number of likely N-dealkylation sites (tertiary alicyclic amines) is 1. The van der Waals surface area contributed by atoms with Crippen LogP contribution in [0.4, 0.5) is 0 Å². The first-order valence-corrected chi connectivity index (χ1v) is 12.2. The number of amides is 1. The zero-order valence-electron chi connectivity index (χ0n) is 20.1. The van der Waals surface area contributed by atoms with E-state index in [1.54, 1.807) is 24.3 Å². The molecule has 1 aliphatic rings. The number of piperidine rings is 1. The minimum absolute atomic E-state index is 0.198. The van der Waals surface area contributed by atoms with Crippen LogP contribution < -0.4 is 15.2 Å². The smallest absolute Gasteiger partial charge is 0.248 e. The quantitative estimate of drug-likeness (QED) is 0.257. The third kappa shape index (κ3) is 8.37. The van der Waals surface area contributed by atoms with Gasteiger partial charge in [-0.05, 0) is 107 Å². The highest BCUT2D eigenvalue weighted by molar-refractivity contribution is 5.92. The van der Waals surface area contributed by atoms with Crippen LogP contribution in [0.2, 0.25) is 0 Å². The van der Waals surface area contributed by atoms with Crippen molar-refractivity contribution in [3.63, 3.8) is 0 Å². The molecule has 0 spiro atoms. The second-order valence-electron chi connectivity index (χ2n) is 8.65. The van der Waals surface area contributed by atoms with Gasteiger partial charge in [0.05, 0.1) is 19.8 Å². The number of primary amides is 1. The number of hydrogen-bond acceptors (Lipinski definition) is 6. The summed E-state index contributed by atoms with van der Waals surface area (Å²) in [5.41, 5.74) is 6.52. The molecule has 1 saturated heterocycles. The molecule has 34 heavy (non-hydrogen) atoms. The number of hydrogen-bond donors (Lipinski definition) is 2. The fourth-order valence-corrected chi connectivity index (χ4v) is 4.18. The zero-order valence-corrected chi connectivity index (χ0v) is 20.1. The van der Waals surface area contributed by atoms with Gasteiger partial charge in [-0.25, -0.2) is 0 Å². The highest BCUT2D eigenvalue weighted by atomic mass is 16.5. The summed E-state index contributed by atoms with van der Waals surface area (Å²) in [6, 6.07) is 14.5. The van der Waals surface area contributed by atoms with Crippen LogP contribution in [0.3, 0.4) is 0 Å². The van der Waals surface area contributed by atoms with Crippen molar-refractivity contribution in [2.45, 2.75) is 39.0 Å². The number of nitrogens with zero attached hydrogens (tertiary/aromatic N) is 1. The summed E-state index contributed by atoms with van der Waals surface area (Å²) in [5, 5.41) is 7.81. The number of rotatable bonds is 13. The topological polar surface area (TPSA) is 97.9 Å². The molecule has 184 valence electrons. The molecule has 0 unspecified atom stereocenters. The van der Waals surface area contributed by atoms with Crippen molar-refractivity contribution < 1.29 is 19.0 Å². The first kappa shape index (κ1) is 25.6. The molecule has 1 heterocycles. The molecular weight excluding hydrogens is 430 g/mol. The predicted octanol–water partition coefficient (Wildman–Crippen LogP) is 4.49. The fraction of sp³-hybridized carbons (Fsp3) is 0.481. The molecule has 1 aliphatic heterocycles. The third-order valence-electron chi connectivity index (χ3n) is 6.16. The normalized spacial score (nSPS) is 14.5. The molecule has 0 aromatic heterocycles. The summed E-state index contributed by atoms with van der Waals surface area (Å²) < 4.78 is 16.9. The van der Waals surface area contributed by atoms with Crippen LogP contribution in [0.5, 0.6) is 11.5 Å². The molecule has 1 fully saturated rings. The standard InChI is InChI=1S/C27H37N3O4/c1-2-32-27(29)23-8-12-25(13-9-23)33-19-3-5-21-14-17-30(18-15-21)16-4-20-34-24-10-6-22(7-11-24)26(28)31/h6-13,21,29H,2-5,14-20H2,1H3,(H2,28,31). The zero-order chi connectivity index (χ0) is 24.2. The van der Waals surface area contributed by atoms with Gasteiger partial charge in [-0.15, -0.1) is 0 Å². The van der Waals surface area contributed by atoms with Crippen LogP contribution in [-0.2, 0) is 4.74 Å². The van der Waals surface area contributed by atoms with E-state index in [1.807, 2.05) is 31.2 Å². The van der Waals surface area contributed by atoms with Gasteiger partial charge >= 0.3 is 0 Å². The summed E-state index contributed by atoms with van der Waals surface area (Å²) in [6.45, 7) is 7.11. The average molecular weight is 468 g/mol. The number of carbonyl (C=O) groups is 1. The molecule has 0 bridgehead atoms. The number of nitrogens with one attached hydrogen (secondary N) is 1. The van der Waals surface area contributed by atoms with Crippen LogP contribution in [0, 0.1) is 11.3 Å². The van der Waals surface area contributed by atoms with Gasteiger partial charge in [-0.1, -0.05) is 0 Å². The van der Waals surface area contributed by atoms with Crippen molar-refractivity contribution in [2.24, 2.45) is 11.7 Å². The van der Waals surface area contributed by atoms with Gasteiger partial charge in [0.25, 0.3) is 0 Å². The summed E-state index contributed by atoms with van der Waals surface area (Å²) in [4.78, 5) is 13.6. The van der Waals surface area contributed by atoms with E-state index in [9.17, 15) is 4.79 Å². The van der Waals surface area contributed by atoms with Gasteiger partial charge in [-0.2, -0.15) is 0 Å². The highest BCUT2D eigenvalue weighted by Gasteiger charge is 2.18. The predicted molar refractivity (Wildman–Crippen MR) is 134 cm³/mol. The maximum atomic E-state index is 11.1. The SMILES string of the molecule is CCOC(=N)c1ccc(OCCCC2CCN(CCCOc3ccc(C(N)=O)cc3)CC2)cc1. The molecule has 2 aromatic rings. The third-order valence-corrected chi connectivity index (χ3v) is 6.16. The maximum absolute atomic E-state index is 11.1. The Kier molecular flexibility index (Phi) is 10.2. The van der Waals surface area contributed by atoms with Crippen LogP contribution >= 0.6 is 0 Å². The summed E-state index contributed by atoms with van der Waals surface area (Å²) in [6.07, 6.45) is 5.72.